The van der Waals surface area contributed by atoms with Gasteiger partial charge in [0.25, 0.3) is 5.91 Å². The maximum absolute atomic E-state index is 11.5. The van der Waals surface area contributed by atoms with Crippen LogP contribution in [-0.2, 0) is 9.63 Å². The Labute approximate surface area is 105 Å². The largest absolute Gasteiger partial charge is 0.391 e. The van der Waals surface area contributed by atoms with E-state index in [1.807, 2.05) is 6.92 Å². The molecule has 16 heavy (non-hydrogen) atoms. The highest BCUT2D eigenvalue weighted by Gasteiger charge is 2.11. The van der Waals surface area contributed by atoms with Gasteiger partial charge in [-0.15, -0.1) is 11.8 Å². The first-order chi connectivity index (χ1) is 7.52. The van der Waals surface area contributed by atoms with Crippen molar-refractivity contribution in [2.75, 3.05) is 12.4 Å². The fourth-order valence-corrected chi connectivity index (χ4v) is 1.82. The number of hydrogen-bond donors (Lipinski definition) is 2. The van der Waals surface area contributed by atoms with Crippen LogP contribution in [-0.4, -0.2) is 29.5 Å². The Kier molecular flexibility index (Phi) is 8.37. The molecule has 6 heteroatoms. The number of hydrogen-bond acceptors (Lipinski definition) is 4. The van der Waals surface area contributed by atoms with E-state index in [4.69, 9.17) is 21.5 Å². The fraction of sp³-hybridized carbons (Fsp3) is 0.500. The number of amides is 1. The van der Waals surface area contributed by atoms with Gasteiger partial charge in [-0.25, -0.2) is 5.48 Å². The third-order valence-corrected chi connectivity index (χ3v) is 2.71. The van der Waals surface area contributed by atoms with Crippen LogP contribution in [0.3, 0.4) is 0 Å². The normalized spacial score (nSPS) is 14.0. The molecule has 0 aromatic heterocycles. The molecule has 1 atom stereocenters. The maximum atomic E-state index is 11.5. The topological polar surface area (TPSA) is 58.6 Å². The molecule has 0 saturated heterocycles. The molecule has 92 valence electrons. The predicted octanol–water partition coefficient (Wildman–Crippen LogP) is 1.80. The molecule has 2 N–H and O–H groups in total. The zero-order chi connectivity index (χ0) is 12.6. The van der Waals surface area contributed by atoms with Crippen LogP contribution in [0.15, 0.2) is 22.6 Å². The van der Waals surface area contributed by atoms with E-state index in [0.717, 1.165) is 5.75 Å². The molecule has 0 bridgehead atoms. The number of aliphatic hydroxyl groups excluding tert-OH is 1. The molecular formula is C10H16ClNO3S. The number of rotatable bonds is 7. The van der Waals surface area contributed by atoms with Gasteiger partial charge in [0.2, 0.25) is 0 Å². The van der Waals surface area contributed by atoms with Crippen LogP contribution in [0, 0.1) is 0 Å². The van der Waals surface area contributed by atoms with Gasteiger partial charge >= 0.3 is 0 Å². The van der Waals surface area contributed by atoms with Crippen molar-refractivity contribution in [3.8, 4) is 0 Å². The Morgan fingerprint density at radius 3 is 2.81 bits per heavy atom. The van der Waals surface area contributed by atoms with E-state index in [9.17, 15) is 4.79 Å². The van der Waals surface area contributed by atoms with E-state index in [2.05, 4.69) is 12.1 Å². The highest BCUT2D eigenvalue weighted by Crippen LogP contribution is 2.24. The zero-order valence-electron chi connectivity index (χ0n) is 9.33. The van der Waals surface area contributed by atoms with Crippen LogP contribution >= 0.6 is 23.4 Å². The lowest BCUT2D eigenvalue weighted by Crippen LogP contribution is -2.28. The van der Waals surface area contributed by atoms with Crippen molar-refractivity contribution in [2.24, 2.45) is 0 Å². The van der Waals surface area contributed by atoms with E-state index in [1.165, 1.54) is 17.8 Å². The minimum Gasteiger partial charge on any atom is -0.391 e. The van der Waals surface area contributed by atoms with Crippen LogP contribution in [0.4, 0.5) is 0 Å². The van der Waals surface area contributed by atoms with Crippen LogP contribution < -0.4 is 5.48 Å². The second-order valence-electron chi connectivity index (χ2n) is 2.92. The molecule has 0 aromatic rings. The van der Waals surface area contributed by atoms with Crippen LogP contribution in [0.1, 0.15) is 13.8 Å². The van der Waals surface area contributed by atoms with Crippen LogP contribution in [0.2, 0.25) is 0 Å². The molecule has 0 radical (unpaired) electrons. The van der Waals surface area contributed by atoms with Crippen molar-refractivity contribution in [3.05, 3.63) is 22.6 Å². The summed E-state index contributed by atoms with van der Waals surface area (Å²) in [7, 11) is 0. The molecule has 0 spiro atoms. The summed E-state index contributed by atoms with van der Waals surface area (Å²) in [6.07, 6.45) is 0.725. The van der Waals surface area contributed by atoms with Crippen molar-refractivity contribution in [1.29, 1.82) is 0 Å². The van der Waals surface area contributed by atoms with E-state index >= 15 is 0 Å². The molecule has 1 amide bonds. The molecule has 0 saturated carbocycles. The average molecular weight is 266 g/mol. The number of carbonyl (C=O) groups excluding carboxylic acids is 1. The van der Waals surface area contributed by atoms with Gasteiger partial charge in [0.1, 0.15) is 6.61 Å². The van der Waals surface area contributed by atoms with Gasteiger partial charge in [0.05, 0.1) is 16.0 Å². The minimum absolute atomic E-state index is 0.0225. The van der Waals surface area contributed by atoms with Crippen molar-refractivity contribution >= 4 is 29.3 Å². The van der Waals surface area contributed by atoms with Gasteiger partial charge in [-0.2, -0.15) is 0 Å². The van der Waals surface area contributed by atoms with Crippen molar-refractivity contribution < 1.29 is 14.7 Å². The van der Waals surface area contributed by atoms with E-state index in [-0.39, 0.29) is 12.2 Å². The number of nitrogens with one attached hydrogen (secondary N) is 1. The van der Waals surface area contributed by atoms with Gasteiger partial charge in [-0.05, 0) is 12.7 Å². The summed E-state index contributed by atoms with van der Waals surface area (Å²) in [5.41, 5.74) is 2.44. The van der Waals surface area contributed by atoms with Gasteiger partial charge < -0.3 is 5.11 Å². The molecule has 0 aliphatic rings. The van der Waals surface area contributed by atoms with Crippen LogP contribution in [0.25, 0.3) is 0 Å². The third kappa shape index (κ3) is 6.17. The molecule has 0 rings (SSSR count). The number of hydroxylamine groups is 1. The molecule has 4 nitrogen and oxygen atoms in total. The summed E-state index contributed by atoms with van der Waals surface area (Å²) in [5, 5.41) is 8.92. The first-order valence-corrected chi connectivity index (χ1v) is 6.14. The maximum Gasteiger partial charge on any atom is 0.276 e. The molecule has 1 unspecified atom stereocenters. The standard InChI is InChI=1S/C10H16ClNO3S/c1-4-8(9(11)16-5-2)10(14)12-15-6-7(3)13/h4,7,13H,1,5-6H2,2-3H3,(H,12,14)/b9-8+. The summed E-state index contributed by atoms with van der Waals surface area (Å²) in [6.45, 7) is 7.01. The quantitative estimate of drug-likeness (QED) is 0.419. The molecule has 0 aliphatic heterocycles. The Hall–Kier alpha value is -0.490. The number of thioether (sulfide) groups is 1. The molecule has 0 aliphatic carbocycles. The molecule has 0 aromatic carbocycles. The number of halogens is 1. The Morgan fingerprint density at radius 1 is 1.75 bits per heavy atom. The Bertz CT molecular complexity index is 279. The predicted molar refractivity (Wildman–Crippen MR) is 67.0 cm³/mol. The highest BCUT2D eigenvalue weighted by atomic mass is 35.5. The molecule has 0 heterocycles. The lowest BCUT2D eigenvalue weighted by Gasteiger charge is -2.08. The zero-order valence-corrected chi connectivity index (χ0v) is 10.9. The first-order valence-electron chi connectivity index (χ1n) is 4.78. The van der Waals surface area contributed by atoms with Gasteiger partial charge in [0.15, 0.2) is 0 Å². The minimum atomic E-state index is -0.642. The SMILES string of the molecule is C=C/C(C(=O)NOCC(C)O)=C(/Cl)SCC. The van der Waals surface area contributed by atoms with Crippen molar-refractivity contribution in [1.82, 2.24) is 5.48 Å². The third-order valence-electron chi connectivity index (χ3n) is 1.42. The Morgan fingerprint density at radius 2 is 2.38 bits per heavy atom. The van der Waals surface area contributed by atoms with Gasteiger partial charge in [-0.3, -0.25) is 9.63 Å². The highest BCUT2D eigenvalue weighted by molar-refractivity contribution is 8.04. The van der Waals surface area contributed by atoms with Crippen LogP contribution in [0.5, 0.6) is 0 Å². The average Bonchev–Trinajstić information content (AvgIpc) is 2.18. The summed E-state index contributed by atoms with van der Waals surface area (Å²) in [6, 6.07) is 0. The monoisotopic (exact) mass is 265 g/mol. The summed E-state index contributed by atoms with van der Waals surface area (Å²) in [4.78, 5) is 16.3. The molecular weight excluding hydrogens is 250 g/mol. The van der Waals surface area contributed by atoms with Gasteiger partial charge in [-0.1, -0.05) is 31.2 Å². The second kappa shape index (κ2) is 8.64. The molecule has 0 fully saturated rings. The fourth-order valence-electron chi connectivity index (χ4n) is 0.749. The summed E-state index contributed by atoms with van der Waals surface area (Å²) >= 11 is 7.23. The van der Waals surface area contributed by atoms with E-state index in [0.29, 0.717) is 4.36 Å². The number of aliphatic hydroxyl groups is 1. The van der Waals surface area contributed by atoms with E-state index < -0.39 is 12.0 Å². The lowest BCUT2D eigenvalue weighted by atomic mass is 10.3. The number of carbonyl (C=O) groups is 1. The Balaban J connectivity index is 4.32. The second-order valence-corrected chi connectivity index (χ2v) is 4.79. The van der Waals surface area contributed by atoms with E-state index in [1.54, 1.807) is 6.92 Å². The summed E-state index contributed by atoms with van der Waals surface area (Å²) < 4.78 is 0.371. The smallest absolute Gasteiger partial charge is 0.276 e. The van der Waals surface area contributed by atoms with Crippen molar-refractivity contribution in [2.45, 2.75) is 20.0 Å². The first kappa shape index (κ1) is 15.5. The summed E-state index contributed by atoms with van der Waals surface area (Å²) in [5.74, 6) is 0.291. The van der Waals surface area contributed by atoms with Gasteiger partial charge in [0, 0.05) is 0 Å². The van der Waals surface area contributed by atoms with Crippen molar-refractivity contribution in [3.63, 3.8) is 0 Å². The lowest BCUT2D eigenvalue weighted by molar-refractivity contribution is -0.131.